The first-order chi connectivity index (χ1) is 10.7. The number of aromatic nitrogens is 4. The number of nitrogens with one attached hydrogen (secondary N) is 3. The summed E-state index contributed by atoms with van der Waals surface area (Å²) in [6.45, 7) is 1.89. The van der Waals surface area contributed by atoms with Crippen LogP contribution in [0.1, 0.15) is 12.8 Å². The van der Waals surface area contributed by atoms with Crippen molar-refractivity contribution in [3.05, 3.63) is 34.5 Å². The molecule has 1 aliphatic heterocycles. The maximum Gasteiger partial charge on any atom is 0.348 e. The molecule has 3 N–H and O–H groups in total. The average molecular weight is 302 g/mol. The zero-order chi connectivity index (χ0) is 15.1. The van der Waals surface area contributed by atoms with Crippen LogP contribution in [0.2, 0.25) is 0 Å². The van der Waals surface area contributed by atoms with Gasteiger partial charge >= 0.3 is 5.69 Å². The largest absolute Gasteiger partial charge is 0.364 e. The van der Waals surface area contributed by atoms with Crippen molar-refractivity contribution in [2.24, 2.45) is 0 Å². The van der Waals surface area contributed by atoms with Crippen LogP contribution in [0.25, 0.3) is 16.7 Å². The number of hydrogen-bond acceptors (Lipinski definition) is 5. The minimum atomic E-state index is -0.414. The number of hydrogen-bond donors (Lipinski definition) is 3. The lowest BCUT2D eigenvalue weighted by atomic mass is 10.1. The van der Waals surface area contributed by atoms with Crippen LogP contribution in [0.4, 0.5) is 10.2 Å². The predicted octanol–water partition coefficient (Wildman–Crippen LogP) is 0.874. The molecule has 2 aromatic heterocycles. The number of H-pyrrole nitrogens is 1. The van der Waals surface area contributed by atoms with Crippen molar-refractivity contribution in [3.8, 4) is 0 Å². The van der Waals surface area contributed by atoms with Gasteiger partial charge in [-0.3, -0.25) is 0 Å². The molecule has 4 rings (SSSR count). The van der Waals surface area contributed by atoms with Crippen molar-refractivity contribution in [1.29, 1.82) is 0 Å². The molecule has 7 nitrogen and oxygen atoms in total. The maximum atomic E-state index is 13.5. The lowest BCUT2D eigenvalue weighted by molar-refractivity contribution is 0.478. The van der Waals surface area contributed by atoms with E-state index in [1.807, 2.05) is 0 Å². The molecule has 0 amide bonds. The monoisotopic (exact) mass is 302 g/mol. The van der Waals surface area contributed by atoms with Gasteiger partial charge in [-0.25, -0.2) is 23.7 Å². The van der Waals surface area contributed by atoms with Gasteiger partial charge < -0.3 is 10.6 Å². The Balaban J connectivity index is 1.89. The van der Waals surface area contributed by atoms with Gasteiger partial charge in [0, 0.05) is 12.1 Å². The zero-order valence-electron chi connectivity index (χ0n) is 11.8. The molecule has 0 bridgehead atoms. The fourth-order valence-electron chi connectivity index (χ4n) is 2.88. The highest BCUT2D eigenvalue weighted by molar-refractivity contribution is 5.82. The minimum absolute atomic E-state index is 0.280. The Morgan fingerprint density at radius 1 is 1.32 bits per heavy atom. The van der Waals surface area contributed by atoms with Gasteiger partial charge in [0.2, 0.25) is 5.65 Å². The highest BCUT2D eigenvalue weighted by Crippen LogP contribution is 2.21. The summed E-state index contributed by atoms with van der Waals surface area (Å²) in [7, 11) is 0. The molecule has 8 heteroatoms. The quantitative estimate of drug-likeness (QED) is 0.654. The summed E-state index contributed by atoms with van der Waals surface area (Å²) in [4.78, 5) is 16.5. The molecular formula is C14H15FN6O. The summed E-state index contributed by atoms with van der Waals surface area (Å²) in [6.07, 6.45) is 1.95. The molecule has 3 heterocycles. The number of fused-ring (bicyclic) bond motifs is 3. The van der Waals surface area contributed by atoms with Crippen molar-refractivity contribution in [2.75, 3.05) is 18.4 Å². The molecular weight excluding hydrogens is 287 g/mol. The smallest absolute Gasteiger partial charge is 0.348 e. The van der Waals surface area contributed by atoms with E-state index in [0.29, 0.717) is 22.5 Å². The van der Waals surface area contributed by atoms with Crippen molar-refractivity contribution in [1.82, 2.24) is 24.9 Å². The molecule has 1 fully saturated rings. The fourth-order valence-corrected chi connectivity index (χ4v) is 2.88. The molecule has 0 aliphatic carbocycles. The number of piperidine rings is 1. The van der Waals surface area contributed by atoms with Gasteiger partial charge in [0.25, 0.3) is 0 Å². The van der Waals surface area contributed by atoms with Crippen molar-refractivity contribution in [2.45, 2.75) is 18.9 Å². The van der Waals surface area contributed by atoms with Crippen LogP contribution in [-0.2, 0) is 0 Å². The number of benzene rings is 1. The van der Waals surface area contributed by atoms with E-state index >= 15 is 0 Å². The van der Waals surface area contributed by atoms with Crippen LogP contribution in [0.5, 0.6) is 0 Å². The Kier molecular flexibility index (Phi) is 3.04. The second-order valence-electron chi connectivity index (χ2n) is 5.45. The van der Waals surface area contributed by atoms with E-state index in [-0.39, 0.29) is 6.04 Å². The van der Waals surface area contributed by atoms with Crippen LogP contribution in [0.3, 0.4) is 0 Å². The van der Waals surface area contributed by atoms with Crippen LogP contribution in [0.15, 0.2) is 23.0 Å². The highest BCUT2D eigenvalue weighted by atomic mass is 19.1. The molecule has 0 saturated carbocycles. The van der Waals surface area contributed by atoms with Crippen molar-refractivity contribution >= 4 is 22.5 Å². The zero-order valence-corrected chi connectivity index (χ0v) is 11.8. The van der Waals surface area contributed by atoms with Crippen LogP contribution >= 0.6 is 0 Å². The Morgan fingerprint density at radius 3 is 2.95 bits per heavy atom. The molecule has 22 heavy (non-hydrogen) atoms. The number of rotatable bonds is 2. The van der Waals surface area contributed by atoms with Gasteiger partial charge in [0.1, 0.15) is 5.82 Å². The average Bonchev–Trinajstić information content (AvgIpc) is 2.92. The third kappa shape index (κ3) is 2.12. The number of nitrogens with zero attached hydrogens (tertiary/aromatic N) is 3. The second kappa shape index (κ2) is 5.06. The summed E-state index contributed by atoms with van der Waals surface area (Å²) in [6, 6.07) is 4.47. The summed E-state index contributed by atoms with van der Waals surface area (Å²) < 4.78 is 14.8. The molecule has 0 atom stereocenters. The highest BCUT2D eigenvalue weighted by Gasteiger charge is 2.18. The van der Waals surface area contributed by atoms with Crippen LogP contribution in [-0.4, -0.2) is 38.7 Å². The molecule has 3 aromatic rings. The molecule has 1 saturated heterocycles. The van der Waals surface area contributed by atoms with Gasteiger partial charge in [0.15, 0.2) is 5.82 Å². The molecule has 0 radical (unpaired) electrons. The normalized spacial score (nSPS) is 16.4. The van der Waals surface area contributed by atoms with Gasteiger partial charge in [-0.05, 0) is 38.1 Å². The summed E-state index contributed by atoms with van der Waals surface area (Å²) in [5.41, 5.74) is 0.946. The first kappa shape index (κ1) is 13.2. The molecule has 1 aromatic carbocycles. The van der Waals surface area contributed by atoms with E-state index in [9.17, 15) is 9.18 Å². The lowest BCUT2D eigenvalue weighted by Gasteiger charge is -2.24. The Hall–Kier alpha value is -2.48. The van der Waals surface area contributed by atoms with Crippen LogP contribution in [0, 0.1) is 5.82 Å². The maximum absolute atomic E-state index is 13.5. The number of anilines is 1. The Morgan fingerprint density at radius 2 is 2.14 bits per heavy atom. The first-order valence-corrected chi connectivity index (χ1v) is 7.26. The molecule has 1 aliphatic rings. The van der Waals surface area contributed by atoms with E-state index in [1.54, 1.807) is 6.07 Å². The van der Waals surface area contributed by atoms with Crippen LogP contribution < -0.4 is 16.3 Å². The number of halogens is 1. The number of aromatic amines is 1. The first-order valence-electron chi connectivity index (χ1n) is 7.26. The van der Waals surface area contributed by atoms with E-state index < -0.39 is 11.5 Å². The predicted molar refractivity (Wildman–Crippen MR) is 80.6 cm³/mol. The van der Waals surface area contributed by atoms with E-state index in [2.05, 4.69) is 25.8 Å². The van der Waals surface area contributed by atoms with E-state index in [1.165, 1.54) is 16.5 Å². The van der Waals surface area contributed by atoms with Gasteiger partial charge in [-0.15, -0.1) is 5.10 Å². The third-order valence-electron chi connectivity index (χ3n) is 3.97. The summed E-state index contributed by atoms with van der Waals surface area (Å²) in [5, 5.41) is 13.1. The SMILES string of the molecule is O=c1[nH]nc2c(NC3CCNCC3)nc3ccc(F)cc3n12. The fraction of sp³-hybridized carbons (Fsp3) is 0.357. The second-order valence-corrected chi connectivity index (χ2v) is 5.45. The lowest BCUT2D eigenvalue weighted by Crippen LogP contribution is -2.35. The van der Waals surface area contributed by atoms with Crippen molar-refractivity contribution in [3.63, 3.8) is 0 Å². The summed E-state index contributed by atoms with van der Waals surface area (Å²) in [5.74, 6) is 0.132. The summed E-state index contributed by atoms with van der Waals surface area (Å²) >= 11 is 0. The molecule has 0 spiro atoms. The molecule has 114 valence electrons. The van der Waals surface area contributed by atoms with Gasteiger partial charge in [-0.1, -0.05) is 0 Å². The standard InChI is InChI=1S/C14H15FN6O/c15-8-1-2-10-11(7-8)21-13(19-20-14(21)22)12(18-10)17-9-3-5-16-6-4-9/h1-2,7,9,16H,3-6H2,(H,17,18)(H,20,22). The third-order valence-corrected chi connectivity index (χ3v) is 3.97. The Labute approximate surface area is 124 Å². The van der Waals surface area contributed by atoms with Gasteiger partial charge in [0.05, 0.1) is 11.0 Å². The van der Waals surface area contributed by atoms with E-state index in [4.69, 9.17) is 0 Å². The van der Waals surface area contributed by atoms with E-state index in [0.717, 1.165) is 25.9 Å². The molecule has 0 unspecified atom stereocenters. The Bertz CT molecular complexity index is 895. The minimum Gasteiger partial charge on any atom is -0.364 e. The van der Waals surface area contributed by atoms with Crippen molar-refractivity contribution < 1.29 is 4.39 Å². The topological polar surface area (TPSA) is 87.1 Å². The van der Waals surface area contributed by atoms with Gasteiger partial charge in [-0.2, -0.15) is 0 Å².